The highest BCUT2D eigenvalue weighted by molar-refractivity contribution is 5.86. The number of hydrogen-bond donors (Lipinski definition) is 8. The van der Waals surface area contributed by atoms with Gasteiger partial charge in [-0.2, -0.15) is 0 Å². The number of aliphatic hydroxyl groups excluding tert-OH is 6. The minimum absolute atomic E-state index is 0.0866. The minimum atomic E-state index is -1.75. The lowest BCUT2D eigenvalue weighted by Gasteiger charge is -2.42. The Labute approximate surface area is 244 Å². The molecule has 1 saturated heterocycles. The third-order valence-electron chi connectivity index (χ3n) is 7.91. The number of fused-ring (bicyclic) bond motifs is 1. The zero-order chi connectivity index (χ0) is 31.2. The molecular formula is C29H34O14. The minimum Gasteiger partial charge on any atom is -0.507 e. The second-order valence-electron chi connectivity index (χ2n) is 10.9. The first-order valence-corrected chi connectivity index (χ1v) is 13.6. The fraction of sp³-hybridized carbons (Fsp3) is 0.483. The van der Waals surface area contributed by atoms with Crippen LogP contribution in [0.1, 0.15) is 13.3 Å². The largest absolute Gasteiger partial charge is 0.507 e. The quantitative estimate of drug-likeness (QED) is 0.171. The fourth-order valence-electron chi connectivity index (χ4n) is 5.36. The molecule has 8 N–H and O–H groups in total. The Morgan fingerprint density at radius 1 is 0.860 bits per heavy atom. The van der Waals surface area contributed by atoms with Crippen molar-refractivity contribution in [3.8, 4) is 34.3 Å². The van der Waals surface area contributed by atoms with E-state index in [4.69, 9.17) is 23.4 Å². The fourth-order valence-corrected chi connectivity index (χ4v) is 5.36. The second kappa shape index (κ2) is 12.3. The Balaban J connectivity index is 1.37. The molecule has 2 heterocycles. The van der Waals surface area contributed by atoms with Gasteiger partial charge in [0, 0.05) is 23.8 Å². The molecule has 5 rings (SSSR count). The standard InChI is InChI=1S/C29H34O14/c1-11-5-20(24(34)26(36)23(11)33)40-10-21-25(35)27(37)28(38)29(43-21)41-13-7-15(31)22-16(32)9-17(42-19(22)8-13)12-3-4-14(30)18(6-12)39-2/h3-4,6-9,11,20-21,23-31,33-38H,5,10H2,1-2H3/t11-,20-,21-,23+,24+,25-,26-,27+,28-,29-/m1/s1. The van der Waals surface area contributed by atoms with Crippen LogP contribution in [0.25, 0.3) is 22.3 Å². The number of phenolic OH excluding ortho intramolecular Hbond substituents is 2. The lowest BCUT2D eigenvalue weighted by molar-refractivity contribution is -0.285. The van der Waals surface area contributed by atoms with E-state index in [1.54, 1.807) is 6.92 Å². The SMILES string of the molecule is COc1cc(-c2cc(=O)c3c(O)cc(O[C@@H]4O[C@H](CO[C@@H]5C[C@@H](C)[C@H](O)[C@@H](O)[C@H]5O)[C@@H](O)[C@H](O)[C@H]4O)cc3o2)ccc1O. The Morgan fingerprint density at radius 3 is 2.30 bits per heavy atom. The molecule has 234 valence electrons. The Bertz CT molecular complexity index is 1510. The molecule has 3 aromatic rings. The molecule has 10 atom stereocenters. The summed E-state index contributed by atoms with van der Waals surface area (Å²) < 4.78 is 28.0. The van der Waals surface area contributed by atoms with Gasteiger partial charge < -0.3 is 64.2 Å². The number of benzene rings is 2. The van der Waals surface area contributed by atoms with Crippen LogP contribution in [0.4, 0.5) is 0 Å². The van der Waals surface area contributed by atoms with Crippen molar-refractivity contribution in [3.05, 3.63) is 46.6 Å². The summed E-state index contributed by atoms with van der Waals surface area (Å²) in [4.78, 5) is 12.8. The van der Waals surface area contributed by atoms with E-state index in [1.165, 1.54) is 31.4 Å². The molecule has 2 fully saturated rings. The highest BCUT2D eigenvalue weighted by atomic mass is 16.7. The molecule has 0 radical (unpaired) electrons. The van der Waals surface area contributed by atoms with Gasteiger partial charge in [-0.15, -0.1) is 0 Å². The smallest absolute Gasteiger partial charge is 0.229 e. The van der Waals surface area contributed by atoms with Gasteiger partial charge in [0.15, 0.2) is 16.9 Å². The summed E-state index contributed by atoms with van der Waals surface area (Å²) in [5.74, 6) is -0.887. The van der Waals surface area contributed by atoms with E-state index in [0.29, 0.717) is 5.56 Å². The number of hydrogen-bond acceptors (Lipinski definition) is 14. The van der Waals surface area contributed by atoms with Gasteiger partial charge in [0.05, 0.1) is 25.9 Å². The Morgan fingerprint density at radius 2 is 1.58 bits per heavy atom. The predicted molar refractivity (Wildman–Crippen MR) is 147 cm³/mol. The molecule has 1 aromatic heterocycles. The van der Waals surface area contributed by atoms with E-state index < -0.39 is 66.3 Å². The van der Waals surface area contributed by atoms with Crippen molar-refractivity contribution in [1.29, 1.82) is 0 Å². The van der Waals surface area contributed by atoms with Gasteiger partial charge in [0.2, 0.25) is 6.29 Å². The number of aliphatic hydroxyl groups is 6. The van der Waals surface area contributed by atoms with Crippen LogP contribution in [0.15, 0.2) is 45.6 Å². The van der Waals surface area contributed by atoms with Crippen LogP contribution in [-0.4, -0.2) is 110 Å². The summed E-state index contributed by atoms with van der Waals surface area (Å²) in [6, 6.07) is 7.83. The molecule has 0 amide bonds. The van der Waals surface area contributed by atoms with Crippen LogP contribution < -0.4 is 14.9 Å². The molecule has 14 heteroatoms. The van der Waals surface area contributed by atoms with E-state index in [1.807, 2.05) is 0 Å². The summed E-state index contributed by atoms with van der Waals surface area (Å²) in [5, 5.41) is 82.2. The van der Waals surface area contributed by atoms with Crippen LogP contribution in [0.3, 0.4) is 0 Å². The molecular weight excluding hydrogens is 572 g/mol. The number of methoxy groups -OCH3 is 1. The van der Waals surface area contributed by atoms with Crippen molar-refractivity contribution in [1.82, 2.24) is 0 Å². The molecule has 1 saturated carbocycles. The lowest BCUT2D eigenvalue weighted by atomic mass is 9.82. The van der Waals surface area contributed by atoms with E-state index in [9.17, 15) is 45.6 Å². The van der Waals surface area contributed by atoms with Crippen molar-refractivity contribution in [2.75, 3.05) is 13.7 Å². The van der Waals surface area contributed by atoms with Crippen LogP contribution in [0.5, 0.6) is 23.0 Å². The summed E-state index contributed by atoms with van der Waals surface area (Å²) >= 11 is 0. The van der Waals surface area contributed by atoms with Gasteiger partial charge in [0.25, 0.3) is 0 Å². The van der Waals surface area contributed by atoms with E-state index in [2.05, 4.69) is 0 Å². The number of phenols is 2. The molecule has 2 aromatic carbocycles. The second-order valence-corrected chi connectivity index (χ2v) is 10.9. The van der Waals surface area contributed by atoms with E-state index in [-0.39, 0.29) is 52.9 Å². The maximum atomic E-state index is 12.8. The highest BCUT2D eigenvalue weighted by Gasteiger charge is 2.47. The van der Waals surface area contributed by atoms with Crippen molar-refractivity contribution < 1.29 is 64.2 Å². The van der Waals surface area contributed by atoms with Gasteiger partial charge in [-0.3, -0.25) is 4.79 Å². The van der Waals surface area contributed by atoms with Gasteiger partial charge in [-0.05, 0) is 30.5 Å². The Hall–Kier alpha value is -3.47. The molecule has 14 nitrogen and oxygen atoms in total. The topological polar surface area (TPSA) is 229 Å². The third kappa shape index (κ3) is 6.01. The van der Waals surface area contributed by atoms with Gasteiger partial charge in [-0.25, -0.2) is 0 Å². The zero-order valence-corrected chi connectivity index (χ0v) is 23.2. The summed E-state index contributed by atoms with van der Waals surface area (Å²) in [6.07, 6.45) is -12.6. The van der Waals surface area contributed by atoms with E-state index in [0.717, 1.165) is 12.1 Å². The van der Waals surface area contributed by atoms with Crippen molar-refractivity contribution >= 4 is 11.0 Å². The van der Waals surface area contributed by atoms with Crippen LogP contribution in [0, 0.1) is 5.92 Å². The van der Waals surface area contributed by atoms with Gasteiger partial charge >= 0.3 is 0 Å². The molecule has 43 heavy (non-hydrogen) atoms. The molecule has 1 aliphatic heterocycles. The monoisotopic (exact) mass is 606 g/mol. The number of rotatable bonds is 7. The normalized spacial score (nSPS) is 32.9. The molecule has 0 spiro atoms. The van der Waals surface area contributed by atoms with Gasteiger partial charge in [-0.1, -0.05) is 6.92 Å². The summed E-state index contributed by atoms with van der Waals surface area (Å²) in [5.41, 5.74) is -0.268. The maximum Gasteiger partial charge on any atom is 0.229 e. The highest BCUT2D eigenvalue weighted by Crippen LogP contribution is 2.36. The molecule has 0 bridgehead atoms. The van der Waals surface area contributed by atoms with Crippen LogP contribution >= 0.6 is 0 Å². The number of aromatic hydroxyl groups is 2. The predicted octanol–water partition coefficient (Wildman–Crippen LogP) is -0.426. The van der Waals surface area contributed by atoms with Crippen LogP contribution in [-0.2, 0) is 9.47 Å². The maximum absolute atomic E-state index is 12.8. The first-order valence-electron chi connectivity index (χ1n) is 13.6. The summed E-state index contributed by atoms with van der Waals surface area (Å²) in [6.45, 7) is 1.30. The summed E-state index contributed by atoms with van der Waals surface area (Å²) in [7, 11) is 1.36. The first kappa shape index (κ1) is 31.0. The van der Waals surface area contributed by atoms with Gasteiger partial charge in [0.1, 0.15) is 64.9 Å². The lowest BCUT2D eigenvalue weighted by Crippen LogP contribution is -2.61. The first-order chi connectivity index (χ1) is 20.4. The average molecular weight is 607 g/mol. The molecule has 2 aliphatic rings. The third-order valence-corrected chi connectivity index (χ3v) is 7.91. The van der Waals surface area contributed by atoms with E-state index >= 15 is 0 Å². The van der Waals surface area contributed by atoms with Crippen molar-refractivity contribution in [3.63, 3.8) is 0 Å². The average Bonchev–Trinajstić information content (AvgIpc) is 2.97. The van der Waals surface area contributed by atoms with Crippen molar-refractivity contribution in [2.24, 2.45) is 5.92 Å². The van der Waals surface area contributed by atoms with Crippen LogP contribution in [0.2, 0.25) is 0 Å². The number of ether oxygens (including phenoxy) is 4. The Kier molecular flexibility index (Phi) is 8.83. The molecule has 0 unspecified atom stereocenters. The molecule has 1 aliphatic carbocycles. The zero-order valence-electron chi connectivity index (χ0n) is 23.2. The van der Waals surface area contributed by atoms with Crippen molar-refractivity contribution in [2.45, 2.75) is 68.5 Å².